The number of hydrogen-bond acceptors (Lipinski definition) is 8. The number of nitrogen functional groups attached to an aromatic ring is 1. The van der Waals surface area contributed by atoms with E-state index in [1.54, 1.807) is 54.0 Å². The number of piperidine rings is 1. The van der Waals surface area contributed by atoms with Gasteiger partial charge in [0.2, 0.25) is 5.91 Å². The molecule has 0 bridgehead atoms. The minimum absolute atomic E-state index is 0.0446. The van der Waals surface area contributed by atoms with Crippen LogP contribution in [-0.4, -0.2) is 41.3 Å². The molecule has 1 saturated heterocycles. The van der Waals surface area contributed by atoms with Crippen molar-refractivity contribution in [1.82, 2.24) is 9.24 Å². The maximum absolute atomic E-state index is 14.0. The van der Waals surface area contributed by atoms with Gasteiger partial charge < -0.3 is 15.4 Å². The van der Waals surface area contributed by atoms with E-state index in [0.717, 1.165) is 31.6 Å². The number of methoxy groups -OCH3 is 1. The van der Waals surface area contributed by atoms with Crippen LogP contribution >= 0.6 is 11.6 Å². The van der Waals surface area contributed by atoms with Crippen LogP contribution < -0.4 is 26.4 Å². The molecule has 11 nitrogen and oxygen atoms in total. The van der Waals surface area contributed by atoms with Crippen molar-refractivity contribution in [2.75, 3.05) is 36.3 Å². The van der Waals surface area contributed by atoms with E-state index in [-0.39, 0.29) is 34.8 Å². The van der Waals surface area contributed by atoms with E-state index in [9.17, 15) is 24.9 Å². The second-order valence-electron chi connectivity index (χ2n) is 11.8. The van der Waals surface area contributed by atoms with Crippen molar-refractivity contribution in [3.63, 3.8) is 0 Å². The fourth-order valence-electron chi connectivity index (χ4n) is 6.42. The summed E-state index contributed by atoms with van der Waals surface area (Å²) < 4.78 is 7.73. The van der Waals surface area contributed by atoms with Crippen molar-refractivity contribution < 1.29 is 14.3 Å². The molecule has 6 rings (SSSR count). The molecule has 3 aromatic carbocycles. The van der Waals surface area contributed by atoms with E-state index in [1.807, 2.05) is 36.4 Å². The zero-order valence-electron chi connectivity index (χ0n) is 26.9. The summed E-state index contributed by atoms with van der Waals surface area (Å²) >= 11 is 6.01. The lowest BCUT2D eigenvalue weighted by Gasteiger charge is -2.28. The van der Waals surface area contributed by atoms with Gasteiger partial charge in [-0.1, -0.05) is 23.7 Å². The number of anilines is 2. The molecule has 1 aliphatic rings. The molecule has 3 heterocycles. The number of carbonyl (C=O) groups excluding carboxylic acids is 2. The maximum atomic E-state index is 14.0. The molecular formula is C37H32ClN7O4. The Morgan fingerprint density at radius 2 is 1.63 bits per heavy atom. The number of nitriles is 2. The second kappa shape index (κ2) is 13.6. The van der Waals surface area contributed by atoms with Crippen LogP contribution in [0.2, 0.25) is 5.02 Å². The Balaban J connectivity index is 1.36. The molecule has 1 aliphatic heterocycles. The van der Waals surface area contributed by atoms with Crippen LogP contribution in [0.3, 0.4) is 0 Å². The van der Waals surface area contributed by atoms with Gasteiger partial charge in [-0.2, -0.15) is 15.2 Å². The first-order chi connectivity index (χ1) is 23.7. The van der Waals surface area contributed by atoms with Crippen molar-refractivity contribution in [2.24, 2.45) is 0 Å². The van der Waals surface area contributed by atoms with Crippen molar-refractivity contribution in [2.45, 2.75) is 32.6 Å². The van der Waals surface area contributed by atoms with Crippen LogP contribution in [0.15, 0.2) is 71.5 Å². The number of nitrogens with one attached hydrogen (secondary N) is 1. The number of nitrogens with zero attached hydrogens (tertiary/aromatic N) is 5. The van der Waals surface area contributed by atoms with Crippen LogP contribution in [-0.2, 0) is 11.2 Å². The van der Waals surface area contributed by atoms with E-state index in [2.05, 4.69) is 10.3 Å². The van der Waals surface area contributed by atoms with Gasteiger partial charge >= 0.3 is 0 Å². The highest BCUT2D eigenvalue weighted by atomic mass is 35.5. The van der Waals surface area contributed by atoms with Gasteiger partial charge in [0.1, 0.15) is 34.8 Å². The first-order valence-electron chi connectivity index (χ1n) is 15.7. The van der Waals surface area contributed by atoms with Gasteiger partial charge in [0, 0.05) is 46.0 Å². The summed E-state index contributed by atoms with van der Waals surface area (Å²) in [6, 6.07) is 22.9. The van der Waals surface area contributed by atoms with E-state index in [0.29, 0.717) is 48.7 Å². The summed E-state index contributed by atoms with van der Waals surface area (Å²) in [6.45, 7) is 3.72. The van der Waals surface area contributed by atoms with Gasteiger partial charge in [-0.3, -0.25) is 24.4 Å². The largest absolute Gasteiger partial charge is 0.497 e. The summed E-state index contributed by atoms with van der Waals surface area (Å²) in [7, 11) is 1.52. The molecule has 1 amide bonds. The summed E-state index contributed by atoms with van der Waals surface area (Å²) in [6.07, 6.45) is 3.24. The molecule has 12 heteroatoms. The monoisotopic (exact) mass is 673 g/mol. The lowest BCUT2D eigenvalue weighted by molar-refractivity contribution is -0.116. The number of ether oxygens (including phenoxy) is 1. The predicted molar refractivity (Wildman–Crippen MR) is 189 cm³/mol. The second-order valence-corrected chi connectivity index (χ2v) is 12.2. The molecule has 2 aromatic heterocycles. The Kier molecular flexibility index (Phi) is 9.12. The summed E-state index contributed by atoms with van der Waals surface area (Å²) in [5.41, 5.74) is 10.9. The Bertz CT molecular complexity index is 2250. The SMILES string of the molecule is COc1ccc2c(c1)c(CC(=O)Nn1c(N)c(C#N)c(-c3ccc(Cl)cc3)c(C#N)c1=O)c(C)n2C(=O)c1ccc(N2CCCCC2)cc1. The number of pyridine rings is 1. The average molecular weight is 674 g/mol. The van der Waals surface area contributed by atoms with Crippen LogP contribution in [0.4, 0.5) is 11.5 Å². The minimum atomic E-state index is -0.902. The molecule has 1 fully saturated rings. The fourth-order valence-corrected chi connectivity index (χ4v) is 6.55. The lowest BCUT2D eigenvalue weighted by Crippen LogP contribution is -2.37. The molecule has 3 N–H and O–H groups in total. The van der Waals surface area contributed by atoms with E-state index < -0.39 is 11.5 Å². The maximum Gasteiger partial charge on any atom is 0.289 e. The summed E-state index contributed by atoms with van der Waals surface area (Å²) in [4.78, 5) is 43.5. The number of hydrogen-bond donors (Lipinski definition) is 2. The van der Waals surface area contributed by atoms with Crippen LogP contribution in [0.25, 0.3) is 22.0 Å². The zero-order chi connectivity index (χ0) is 34.8. The van der Waals surface area contributed by atoms with Gasteiger partial charge in [-0.25, -0.2) is 0 Å². The number of fused-ring (bicyclic) bond motifs is 1. The van der Waals surface area contributed by atoms with Crippen LogP contribution in [0.5, 0.6) is 5.75 Å². The number of aromatic nitrogens is 2. The predicted octanol–water partition coefficient (Wildman–Crippen LogP) is 5.76. The van der Waals surface area contributed by atoms with Gasteiger partial charge in [0.15, 0.2) is 0 Å². The van der Waals surface area contributed by atoms with Crippen LogP contribution in [0.1, 0.15) is 52.0 Å². The Morgan fingerprint density at radius 3 is 2.27 bits per heavy atom. The third-order valence-corrected chi connectivity index (χ3v) is 9.18. The summed E-state index contributed by atoms with van der Waals surface area (Å²) in [5, 5.41) is 21.0. The molecule has 49 heavy (non-hydrogen) atoms. The molecule has 5 aromatic rings. The molecule has 0 saturated carbocycles. The van der Waals surface area contributed by atoms with E-state index in [1.165, 1.54) is 13.5 Å². The highest BCUT2D eigenvalue weighted by molar-refractivity contribution is 6.30. The average Bonchev–Trinajstić information content (AvgIpc) is 3.39. The highest BCUT2D eigenvalue weighted by Gasteiger charge is 2.26. The Hall–Kier alpha value is -6.04. The summed E-state index contributed by atoms with van der Waals surface area (Å²) in [5.74, 6) is -0.738. The van der Waals surface area contributed by atoms with Crippen LogP contribution in [0, 0.1) is 29.6 Å². The number of benzene rings is 3. The Morgan fingerprint density at radius 1 is 0.959 bits per heavy atom. The number of carbonyl (C=O) groups is 2. The third-order valence-electron chi connectivity index (χ3n) is 8.92. The van der Waals surface area contributed by atoms with Gasteiger partial charge in [0.25, 0.3) is 11.5 Å². The van der Waals surface area contributed by atoms with Crippen molar-refractivity contribution >= 4 is 45.8 Å². The molecule has 246 valence electrons. The fraction of sp³-hybridized carbons (Fsp3) is 0.216. The number of nitrogens with two attached hydrogens (primary N) is 1. The zero-order valence-corrected chi connectivity index (χ0v) is 27.7. The van der Waals surface area contributed by atoms with Gasteiger partial charge in [-0.05, 0) is 91.9 Å². The lowest BCUT2D eigenvalue weighted by atomic mass is 9.96. The number of rotatable bonds is 7. The first kappa shape index (κ1) is 32.9. The normalized spacial score (nSPS) is 12.7. The minimum Gasteiger partial charge on any atom is -0.497 e. The molecular weight excluding hydrogens is 642 g/mol. The van der Waals surface area contributed by atoms with Gasteiger partial charge in [-0.15, -0.1) is 0 Å². The highest BCUT2D eigenvalue weighted by Crippen LogP contribution is 2.32. The Labute approximate surface area is 287 Å². The number of amides is 1. The smallest absolute Gasteiger partial charge is 0.289 e. The topological polar surface area (TPSA) is 159 Å². The molecule has 0 spiro atoms. The van der Waals surface area contributed by atoms with E-state index in [4.69, 9.17) is 22.1 Å². The number of halogens is 1. The van der Waals surface area contributed by atoms with Crippen molar-refractivity contribution in [3.8, 4) is 29.0 Å². The quantitative estimate of drug-likeness (QED) is 0.221. The molecule has 0 radical (unpaired) electrons. The molecule has 0 atom stereocenters. The standard InChI is InChI=1S/C37H32ClN7O4/c1-22-28(19-33(46)42-45-35(41)30(20-39)34(31(21-40)37(45)48)23-6-10-25(38)11-7-23)29-18-27(49-2)14-15-32(29)44(22)36(47)24-8-12-26(13-9-24)43-16-4-3-5-17-43/h6-15,18H,3-5,16-17,19,41H2,1-2H3,(H,42,46). The van der Waals surface area contributed by atoms with Crippen molar-refractivity contribution in [3.05, 3.63) is 110 Å². The van der Waals surface area contributed by atoms with E-state index >= 15 is 0 Å². The third kappa shape index (κ3) is 6.08. The molecule has 0 aliphatic carbocycles. The first-order valence-corrected chi connectivity index (χ1v) is 16.1. The van der Waals surface area contributed by atoms with Gasteiger partial charge in [0.05, 0.1) is 19.0 Å². The molecule has 0 unspecified atom stereocenters. The van der Waals surface area contributed by atoms with Crippen molar-refractivity contribution in [1.29, 1.82) is 10.5 Å².